The minimum absolute atomic E-state index is 0. The average Bonchev–Trinajstić information content (AvgIpc) is 3.32. The van der Waals surface area contributed by atoms with E-state index in [1.807, 2.05) is 36.5 Å². The van der Waals surface area contributed by atoms with Crippen LogP contribution in [0.25, 0.3) is 22.3 Å². The summed E-state index contributed by atoms with van der Waals surface area (Å²) in [6.45, 7) is 0. The summed E-state index contributed by atoms with van der Waals surface area (Å²) in [5.74, 6) is -0.00402. The van der Waals surface area contributed by atoms with E-state index in [0.717, 1.165) is 35.1 Å². The quantitative estimate of drug-likeness (QED) is 0.542. The van der Waals surface area contributed by atoms with Gasteiger partial charge in [0, 0.05) is 22.8 Å². The van der Waals surface area contributed by atoms with Gasteiger partial charge < -0.3 is 10.3 Å². The number of aromatic amines is 1. The van der Waals surface area contributed by atoms with Gasteiger partial charge >= 0.3 is 0 Å². The number of benzene rings is 1. The molecule has 1 aromatic carbocycles. The van der Waals surface area contributed by atoms with Crippen molar-refractivity contribution in [1.82, 2.24) is 15.0 Å². The molecule has 2 heterocycles. The zero-order valence-electron chi connectivity index (χ0n) is 13.8. The number of carbonyl (C=O) groups is 1. The Hall–Kier alpha value is -3.17. The molecular weight excluding hydrogens is 350 g/mol. The number of halogens is 1. The van der Waals surface area contributed by atoms with Crippen LogP contribution in [-0.4, -0.2) is 20.9 Å². The lowest BCUT2D eigenvalue weighted by Crippen LogP contribution is -2.13. The van der Waals surface area contributed by atoms with E-state index in [0.29, 0.717) is 11.6 Å². The van der Waals surface area contributed by atoms with Crippen molar-refractivity contribution >= 4 is 35.0 Å². The Balaban J connectivity index is 0.00000196. The first-order valence-electron chi connectivity index (χ1n) is 8.06. The minimum Gasteiger partial charge on any atom is -0.346 e. The van der Waals surface area contributed by atoms with Crippen LogP contribution in [0.5, 0.6) is 0 Å². The van der Waals surface area contributed by atoms with E-state index in [-0.39, 0.29) is 23.9 Å². The number of rotatable bonds is 4. The van der Waals surface area contributed by atoms with Crippen molar-refractivity contribution in [3.63, 3.8) is 0 Å². The van der Waals surface area contributed by atoms with Gasteiger partial charge in [0.25, 0.3) is 5.91 Å². The molecule has 2 aromatic heterocycles. The number of aromatic nitrogens is 3. The molecule has 130 valence electrons. The highest BCUT2D eigenvalue weighted by molar-refractivity contribution is 6.07. The van der Waals surface area contributed by atoms with Crippen molar-refractivity contribution in [2.45, 2.75) is 12.8 Å². The van der Waals surface area contributed by atoms with Gasteiger partial charge in [-0.1, -0.05) is 18.2 Å². The zero-order valence-corrected chi connectivity index (χ0v) is 14.6. The highest BCUT2D eigenvalue weighted by Gasteiger charge is 2.21. The molecule has 1 aliphatic rings. The molecule has 6 nitrogen and oxygen atoms in total. The lowest BCUT2D eigenvalue weighted by atomic mass is 10.1. The van der Waals surface area contributed by atoms with Gasteiger partial charge in [0.15, 0.2) is 0 Å². The number of H-pyrrole nitrogens is 1. The molecule has 0 aliphatic heterocycles. The van der Waals surface area contributed by atoms with Crippen LogP contribution in [0.4, 0.5) is 5.69 Å². The lowest BCUT2D eigenvalue weighted by Gasteiger charge is -2.07. The van der Waals surface area contributed by atoms with Gasteiger partial charge in [-0.2, -0.15) is 5.26 Å². The van der Waals surface area contributed by atoms with E-state index >= 15 is 0 Å². The second kappa shape index (κ2) is 7.38. The maximum Gasteiger partial charge on any atom is 0.265 e. The second-order valence-electron chi connectivity index (χ2n) is 6.03. The number of nitrogens with one attached hydrogen (secondary N) is 2. The molecule has 1 aliphatic carbocycles. The van der Waals surface area contributed by atoms with E-state index in [4.69, 9.17) is 0 Å². The molecule has 0 saturated heterocycles. The first-order valence-corrected chi connectivity index (χ1v) is 8.06. The Morgan fingerprint density at radius 1 is 1.31 bits per heavy atom. The predicted octanol–water partition coefficient (Wildman–Crippen LogP) is 3.85. The Morgan fingerprint density at radius 3 is 2.92 bits per heavy atom. The number of allylic oxidation sites excluding steroid dienone is 1. The molecule has 0 radical (unpaired) electrons. The summed E-state index contributed by atoms with van der Waals surface area (Å²) >= 11 is 0. The van der Waals surface area contributed by atoms with Gasteiger partial charge in [0.1, 0.15) is 23.6 Å². The van der Waals surface area contributed by atoms with Crippen molar-refractivity contribution in [2.24, 2.45) is 5.92 Å². The fourth-order valence-corrected chi connectivity index (χ4v) is 2.71. The van der Waals surface area contributed by atoms with Crippen molar-refractivity contribution in [2.75, 3.05) is 5.32 Å². The van der Waals surface area contributed by atoms with Gasteiger partial charge in [-0.15, -0.1) is 12.4 Å². The van der Waals surface area contributed by atoms with Gasteiger partial charge in [0.2, 0.25) is 0 Å². The first-order chi connectivity index (χ1) is 12.2. The number of fused-ring (bicyclic) bond motifs is 1. The van der Waals surface area contributed by atoms with E-state index in [1.54, 1.807) is 12.1 Å². The van der Waals surface area contributed by atoms with E-state index < -0.39 is 0 Å². The number of hydrogen-bond donors (Lipinski definition) is 2. The molecule has 1 fully saturated rings. The van der Waals surface area contributed by atoms with E-state index in [9.17, 15) is 10.1 Å². The summed E-state index contributed by atoms with van der Waals surface area (Å²) in [7, 11) is 0. The molecule has 1 amide bonds. The number of nitrogens with zero attached hydrogens (tertiary/aromatic N) is 3. The summed E-state index contributed by atoms with van der Waals surface area (Å²) < 4.78 is 0. The molecule has 0 bridgehead atoms. The fraction of sp³-hybridized carbons (Fsp3) is 0.158. The summed E-state index contributed by atoms with van der Waals surface area (Å²) in [6, 6.07) is 11.3. The minimum atomic E-state index is -0.374. The molecule has 0 atom stereocenters. The molecule has 1 saturated carbocycles. The molecule has 26 heavy (non-hydrogen) atoms. The molecule has 2 N–H and O–H groups in total. The Morgan fingerprint density at radius 2 is 2.15 bits per heavy atom. The summed E-state index contributed by atoms with van der Waals surface area (Å²) in [6.07, 6.45) is 7.18. The molecule has 3 aromatic rings. The predicted molar refractivity (Wildman–Crippen MR) is 102 cm³/mol. The highest BCUT2D eigenvalue weighted by atomic mass is 35.5. The van der Waals surface area contributed by atoms with Crippen LogP contribution in [0.1, 0.15) is 12.8 Å². The third kappa shape index (κ3) is 3.58. The van der Waals surface area contributed by atoms with Gasteiger partial charge in [0.05, 0.1) is 5.69 Å². The molecular formula is C19H16ClN5O. The van der Waals surface area contributed by atoms with Crippen LogP contribution >= 0.6 is 12.4 Å². The third-order valence-electron chi connectivity index (χ3n) is 4.14. The van der Waals surface area contributed by atoms with Crippen LogP contribution in [0.3, 0.4) is 0 Å². The van der Waals surface area contributed by atoms with Crippen LogP contribution in [0, 0.1) is 17.2 Å². The smallest absolute Gasteiger partial charge is 0.265 e. The topological polar surface area (TPSA) is 94.5 Å². The monoisotopic (exact) mass is 365 g/mol. The molecule has 0 spiro atoms. The standard InChI is InChI=1S/C19H15N5O.ClH/c20-10-14(8-12-4-5-12)19(25)24-15-3-1-2-13(9-15)17-16-6-7-21-18(16)23-11-22-17;/h1-3,6-9,11-12H,4-5H2,(H,24,25)(H,21,22,23);1H/b14-8+;. The number of anilines is 1. The maximum atomic E-state index is 12.3. The molecule has 7 heteroatoms. The summed E-state index contributed by atoms with van der Waals surface area (Å²) in [5.41, 5.74) is 3.22. The molecule has 4 rings (SSSR count). The first kappa shape index (κ1) is 17.6. The van der Waals surface area contributed by atoms with Crippen LogP contribution in [-0.2, 0) is 4.79 Å². The van der Waals surface area contributed by atoms with E-state index in [1.165, 1.54) is 6.33 Å². The molecule has 0 unspecified atom stereocenters. The Labute approximate surface area is 156 Å². The normalized spacial score (nSPS) is 13.7. The summed E-state index contributed by atoms with van der Waals surface area (Å²) in [5, 5.41) is 12.9. The Kier molecular flexibility index (Phi) is 5.01. The summed E-state index contributed by atoms with van der Waals surface area (Å²) in [4.78, 5) is 23.9. The second-order valence-corrected chi connectivity index (χ2v) is 6.03. The number of amides is 1. The zero-order chi connectivity index (χ0) is 17.2. The van der Waals surface area contributed by atoms with Crippen LogP contribution in [0.2, 0.25) is 0 Å². The van der Waals surface area contributed by atoms with Crippen molar-refractivity contribution in [3.05, 3.63) is 54.5 Å². The SMILES string of the molecule is Cl.N#C/C(=C\C1CC1)C(=O)Nc1cccc(-c2ncnc3[nH]ccc23)c1. The van der Waals surface area contributed by atoms with Crippen LogP contribution < -0.4 is 5.32 Å². The third-order valence-corrected chi connectivity index (χ3v) is 4.14. The van der Waals surface area contributed by atoms with Crippen molar-refractivity contribution in [1.29, 1.82) is 5.26 Å². The Bertz CT molecular complexity index is 1030. The average molecular weight is 366 g/mol. The number of hydrogen-bond acceptors (Lipinski definition) is 4. The van der Waals surface area contributed by atoms with E-state index in [2.05, 4.69) is 20.3 Å². The number of nitriles is 1. The lowest BCUT2D eigenvalue weighted by molar-refractivity contribution is -0.112. The van der Waals surface area contributed by atoms with Gasteiger partial charge in [-0.05, 0) is 37.0 Å². The largest absolute Gasteiger partial charge is 0.346 e. The van der Waals surface area contributed by atoms with Crippen LogP contribution in [0.15, 0.2) is 54.5 Å². The van der Waals surface area contributed by atoms with Crippen molar-refractivity contribution in [3.8, 4) is 17.3 Å². The maximum absolute atomic E-state index is 12.3. The fourth-order valence-electron chi connectivity index (χ4n) is 2.71. The highest BCUT2D eigenvalue weighted by Crippen LogP contribution is 2.31. The number of carbonyl (C=O) groups excluding carboxylic acids is 1. The van der Waals surface area contributed by atoms with Gasteiger partial charge in [-0.3, -0.25) is 4.79 Å². The van der Waals surface area contributed by atoms with Crippen molar-refractivity contribution < 1.29 is 4.79 Å². The van der Waals surface area contributed by atoms with Gasteiger partial charge in [-0.25, -0.2) is 9.97 Å².